The van der Waals surface area contributed by atoms with Crippen molar-refractivity contribution in [3.8, 4) is 11.4 Å². The van der Waals surface area contributed by atoms with Crippen LogP contribution in [0.3, 0.4) is 0 Å². The van der Waals surface area contributed by atoms with Crippen LogP contribution < -0.4 is 16.6 Å². The fourth-order valence-electron chi connectivity index (χ4n) is 7.60. The van der Waals surface area contributed by atoms with Crippen LogP contribution in [0.4, 0.5) is 5.95 Å². The molecule has 0 saturated carbocycles. The Kier molecular flexibility index (Phi) is 19.8. The Balaban J connectivity index is 1.07. The van der Waals surface area contributed by atoms with Crippen LogP contribution in [-0.2, 0) is 69.2 Å². The first-order chi connectivity index (χ1) is 35.5. The summed E-state index contributed by atoms with van der Waals surface area (Å²) in [5.74, 6) is -2.90. The average Bonchev–Trinajstić information content (AvgIpc) is 4.22. The summed E-state index contributed by atoms with van der Waals surface area (Å²) in [5, 5.41) is 56.5. The van der Waals surface area contributed by atoms with Crippen molar-refractivity contribution in [3.63, 3.8) is 0 Å². The van der Waals surface area contributed by atoms with Crippen molar-refractivity contribution in [2.24, 2.45) is 10.8 Å². The average molecular weight is 1040 g/mol. The van der Waals surface area contributed by atoms with E-state index in [9.17, 15) is 49.2 Å². The standard InChI is InChI=1S/C47H64N12O15/c1-4-49-41(66)30-13-11-12-29(18-30)39-50-38-40(51-45(48)52-42(38)67)59(39)35-19-33(74-37(65)15-8-6-10-17-58-21-32(54-56-58)23-72-44(69)47(3,27-62)28-63)34(73-35)24-70-36(64)14-7-5-9-16-57-20-31(53-55-57)22-71-43(68)46(2,25-60)26-61/h11-13,18,20-21,33-35,60-63H,4-10,14-17,19,22-28H2,1-3H3,(H,49,66)(H3,48,51,52,67)/t33-,34+,35+/m0/s1. The molecule has 1 fully saturated rings. The summed E-state index contributed by atoms with van der Waals surface area (Å²) in [4.78, 5) is 88.6. The molecule has 6 rings (SSSR count). The van der Waals surface area contributed by atoms with E-state index >= 15 is 0 Å². The van der Waals surface area contributed by atoms with Gasteiger partial charge in [-0.15, -0.1) is 10.2 Å². The highest BCUT2D eigenvalue weighted by molar-refractivity contribution is 5.95. The lowest BCUT2D eigenvalue weighted by Gasteiger charge is -2.21. The van der Waals surface area contributed by atoms with Crippen LogP contribution >= 0.6 is 0 Å². The number of H-pyrrole nitrogens is 1. The third-order valence-electron chi connectivity index (χ3n) is 12.2. The number of nitrogens with zero attached hydrogens (tertiary/aromatic N) is 9. The Morgan fingerprint density at radius 2 is 1.39 bits per heavy atom. The van der Waals surface area contributed by atoms with Gasteiger partial charge in [0.1, 0.15) is 66.3 Å². The van der Waals surface area contributed by atoms with Crippen LogP contribution in [0.15, 0.2) is 41.5 Å². The van der Waals surface area contributed by atoms with Crippen molar-refractivity contribution in [1.82, 2.24) is 54.8 Å². The number of hydrogen-bond donors (Lipinski definition) is 7. The van der Waals surface area contributed by atoms with Crippen molar-refractivity contribution in [2.75, 3.05) is 45.3 Å². The Morgan fingerprint density at radius 3 is 1.96 bits per heavy atom. The highest BCUT2D eigenvalue weighted by Crippen LogP contribution is 2.37. The van der Waals surface area contributed by atoms with E-state index in [0.29, 0.717) is 80.7 Å². The van der Waals surface area contributed by atoms with Gasteiger partial charge in [0.05, 0.1) is 38.8 Å². The summed E-state index contributed by atoms with van der Waals surface area (Å²) in [6.07, 6.45) is 3.84. The highest BCUT2D eigenvalue weighted by Gasteiger charge is 2.42. The van der Waals surface area contributed by atoms with Gasteiger partial charge < -0.3 is 55.2 Å². The third kappa shape index (κ3) is 14.5. The Bertz CT molecular complexity index is 2760. The van der Waals surface area contributed by atoms with E-state index in [0.717, 1.165) is 0 Å². The molecule has 1 amide bonds. The zero-order valence-electron chi connectivity index (χ0n) is 41.5. The number of rotatable bonds is 29. The minimum Gasteiger partial charge on any atom is -0.463 e. The predicted octanol–water partition coefficient (Wildman–Crippen LogP) is 0.633. The molecule has 0 radical (unpaired) electrons. The number of aromatic nitrogens is 10. The molecule has 1 saturated heterocycles. The molecule has 74 heavy (non-hydrogen) atoms. The minimum atomic E-state index is -1.44. The highest BCUT2D eigenvalue weighted by atomic mass is 16.6. The van der Waals surface area contributed by atoms with Crippen molar-refractivity contribution >= 4 is 46.9 Å². The first kappa shape index (κ1) is 56.1. The Labute approximate surface area is 423 Å². The molecule has 402 valence electrons. The van der Waals surface area contributed by atoms with Gasteiger partial charge in [0.2, 0.25) is 5.95 Å². The number of imidazole rings is 1. The number of nitrogens with two attached hydrogens (primary N) is 1. The maximum Gasteiger partial charge on any atom is 0.316 e. The molecule has 0 aliphatic carbocycles. The van der Waals surface area contributed by atoms with Gasteiger partial charge in [-0.05, 0) is 58.6 Å². The fraction of sp³-hybridized carbons (Fsp3) is 0.574. The molecular formula is C47H64N12O15. The lowest BCUT2D eigenvalue weighted by atomic mass is 9.93. The van der Waals surface area contributed by atoms with E-state index in [1.165, 1.54) is 13.8 Å². The lowest BCUT2D eigenvalue weighted by Crippen LogP contribution is -2.36. The number of unbranched alkanes of at least 4 members (excludes halogenated alkanes) is 4. The second kappa shape index (κ2) is 26.1. The van der Waals surface area contributed by atoms with Crippen molar-refractivity contribution in [1.29, 1.82) is 0 Å². The Hall–Kier alpha value is -7.20. The number of amides is 1. The number of nitrogen functional groups attached to an aromatic ring is 1. The SMILES string of the molecule is CCNC(=O)c1cccc(-c2nc3c(=O)[nH]c(N)nc3n2[C@H]2C[C@H](OC(=O)CCCCCn3cc(COC(=O)C(C)(CO)CO)nn3)[C@@H](COC(=O)CCCCCn3cc(COC(=O)C(C)(CO)CO)nn3)O2)c1. The van der Waals surface area contributed by atoms with E-state index in [1.54, 1.807) is 57.5 Å². The fourth-order valence-corrected chi connectivity index (χ4v) is 7.60. The zero-order chi connectivity index (χ0) is 53.4. The number of aromatic amines is 1. The van der Waals surface area contributed by atoms with Crippen LogP contribution in [-0.4, -0.2) is 152 Å². The van der Waals surface area contributed by atoms with Gasteiger partial charge in [-0.1, -0.05) is 35.4 Å². The normalized spacial score (nSPS) is 15.8. The molecule has 4 aromatic heterocycles. The number of fused-ring (bicyclic) bond motifs is 1. The van der Waals surface area contributed by atoms with Crippen LogP contribution in [0.1, 0.15) is 107 Å². The number of nitrogens with one attached hydrogen (secondary N) is 2. The summed E-state index contributed by atoms with van der Waals surface area (Å²) in [5.41, 5.74) is 4.05. The van der Waals surface area contributed by atoms with Crippen LogP contribution in [0.2, 0.25) is 0 Å². The van der Waals surface area contributed by atoms with Crippen molar-refractivity contribution in [3.05, 3.63) is 64.0 Å². The van der Waals surface area contributed by atoms with E-state index in [2.05, 4.69) is 40.9 Å². The number of aryl methyl sites for hydroxylation is 2. The van der Waals surface area contributed by atoms with E-state index in [1.807, 2.05) is 0 Å². The summed E-state index contributed by atoms with van der Waals surface area (Å²) in [6.45, 7) is 2.84. The summed E-state index contributed by atoms with van der Waals surface area (Å²) in [7, 11) is 0. The maximum atomic E-state index is 13.5. The number of carbonyl (C=O) groups is 5. The molecule has 0 spiro atoms. The van der Waals surface area contributed by atoms with Gasteiger partial charge in [0, 0.05) is 50.0 Å². The van der Waals surface area contributed by atoms with E-state index < -0.39 is 85.1 Å². The number of ether oxygens (including phenoxy) is 5. The van der Waals surface area contributed by atoms with Gasteiger partial charge in [-0.2, -0.15) is 4.98 Å². The van der Waals surface area contributed by atoms with Gasteiger partial charge in [0.25, 0.3) is 11.5 Å². The topological polar surface area (TPSA) is 375 Å². The third-order valence-corrected chi connectivity index (χ3v) is 12.2. The molecule has 1 aliphatic heterocycles. The second-order valence-corrected chi connectivity index (χ2v) is 18.4. The summed E-state index contributed by atoms with van der Waals surface area (Å²) >= 11 is 0. The molecule has 3 atom stereocenters. The molecule has 27 nitrogen and oxygen atoms in total. The lowest BCUT2D eigenvalue weighted by molar-refractivity contribution is -0.162. The largest absolute Gasteiger partial charge is 0.463 e. The quantitative estimate of drug-likeness (QED) is 0.0196. The number of carbonyl (C=O) groups excluding carboxylic acids is 5. The van der Waals surface area contributed by atoms with Crippen molar-refractivity contribution < 1.29 is 68.1 Å². The van der Waals surface area contributed by atoms with Crippen LogP contribution in [0, 0.1) is 10.8 Å². The molecule has 5 heterocycles. The molecule has 27 heteroatoms. The first-order valence-electron chi connectivity index (χ1n) is 24.3. The Morgan fingerprint density at radius 1 is 0.811 bits per heavy atom. The van der Waals surface area contributed by atoms with E-state index in [4.69, 9.17) is 29.4 Å². The number of aliphatic hydroxyl groups is 4. The number of hydrogen-bond acceptors (Lipinski definition) is 22. The minimum absolute atomic E-state index is 0.0249. The second-order valence-electron chi connectivity index (χ2n) is 18.4. The smallest absolute Gasteiger partial charge is 0.316 e. The molecular weight excluding hydrogens is 973 g/mol. The number of anilines is 1. The van der Waals surface area contributed by atoms with Crippen LogP contribution in [0.5, 0.6) is 0 Å². The molecule has 0 unspecified atom stereocenters. The first-order valence-corrected chi connectivity index (χ1v) is 24.3. The van der Waals surface area contributed by atoms with Gasteiger partial charge in [-0.3, -0.25) is 47.7 Å². The molecule has 1 aromatic carbocycles. The number of benzene rings is 1. The zero-order valence-corrected chi connectivity index (χ0v) is 41.5. The number of aliphatic hydroxyl groups excluding tert-OH is 4. The van der Waals surface area contributed by atoms with E-state index in [-0.39, 0.29) is 67.9 Å². The molecule has 0 bridgehead atoms. The molecule has 1 aliphatic rings. The molecule has 5 aromatic rings. The van der Waals surface area contributed by atoms with Gasteiger partial charge >= 0.3 is 23.9 Å². The summed E-state index contributed by atoms with van der Waals surface area (Å²) in [6, 6.07) is 6.61. The van der Waals surface area contributed by atoms with Gasteiger partial charge in [0.15, 0.2) is 11.2 Å². The maximum absolute atomic E-state index is 13.5. The van der Waals surface area contributed by atoms with Gasteiger partial charge in [-0.25, -0.2) is 4.98 Å². The predicted molar refractivity (Wildman–Crippen MR) is 256 cm³/mol. The monoisotopic (exact) mass is 1040 g/mol. The van der Waals surface area contributed by atoms with Crippen molar-refractivity contribution in [2.45, 2.75) is 123 Å². The molecule has 8 N–H and O–H groups in total. The van der Waals surface area contributed by atoms with Crippen LogP contribution in [0.25, 0.3) is 22.6 Å². The number of esters is 4. The summed E-state index contributed by atoms with van der Waals surface area (Å²) < 4.78 is 33.3.